The lowest BCUT2D eigenvalue weighted by atomic mass is 10.2. The zero-order valence-corrected chi connectivity index (χ0v) is 15.4. The Hall–Kier alpha value is -2.28. The number of thiophene rings is 2. The SMILES string of the molecule is C[NH+](Cc1ccsc1)Cc1nc2sc(-c3ccccc3)cc2c(=O)[nH]1. The number of H-pyrrole nitrogens is 1. The number of benzene rings is 1. The third kappa shape index (κ3) is 3.56. The van der Waals surface area contributed by atoms with Gasteiger partial charge in [-0.15, -0.1) is 11.3 Å². The van der Waals surface area contributed by atoms with Crippen molar-refractivity contribution in [3.63, 3.8) is 0 Å². The molecule has 1 atom stereocenters. The van der Waals surface area contributed by atoms with Crippen LogP contribution in [0.3, 0.4) is 0 Å². The molecule has 6 heteroatoms. The van der Waals surface area contributed by atoms with E-state index in [2.05, 4.69) is 41.0 Å². The normalized spacial score (nSPS) is 12.5. The Bertz CT molecular complexity index is 1040. The molecule has 0 spiro atoms. The highest BCUT2D eigenvalue weighted by atomic mass is 32.1. The molecule has 4 aromatic rings. The minimum absolute atomic E-state index is 0.0539. The van der Waals surface area contributed by atoms with Gasteiger partial charge in [0, 0.05) is 10.4 Å². The maximum absolute atomic E-state index is 12.4. The molecular weight excluding hydrogens is 350 g/mol. The average Bonchev–Trinajstić information content (AvgIpc) is 3.25. The maximum Gasteiger partial charge on any atom is 0.259 e. The van der Waals surface area contributed by atoms with Gasteiger partial charge in [-0.2, -0.15) is 11.3 Å². The number of nitrogens with one attached hydrogen (secondary N) is 2. The summed E-state index contributed by atoms with van der Waals surface area (Å²) >= 11 is 3.28. The maximum atomic E-state index is 12.4. The molecular formula is C19H18N3OS2+. The molecule has 3 heterocycles. The minimum Gasteiger partial charge on any atom is -0.327 e. The van der Waals surface area contributed by atoms with Gasteiger partial charge in [-0.25, -0.2) is 4.98 Å². The van der Waals surface area contributed by atoms with Crippen LogP contribution in [0.2, 0.25) is 0 Å². The van der Waals surface area contributed by atoms with E-state index >= 15 is 0 Å². The molecule has 0 aliphatic carbocycles. The van der Waals surface area contributed by atoms with E-state index in [0.717, 1.165) is 27.6 Å². The second-order valence-electron chi connectivity index (χ2n) is 6.15. The molecule has 1 unspecified atom stereocenters. The number of fused-ring (bicyclic) bond motifs is 1. The predicted octanol–water partition coefficient (Wildman–Crippen LogP) is 2.93. The van der Waals surface area contributed by atoms with E-state index in [0.29, 0.717) is 11.9 Å². The van der Waals surface area contributed by atoms with E-state index in [1.54, 1.807) is 22.7 Å². The number of rotatable bonds is 5. The van der Waals surface area contributed by atoms with Crippen molar-refractivity contribution in [2.24, 2.45) is 0 Å². The fourth-order valence-electron chi connectivity index (χ4n) is 2.89. The second-order valence-corrected chi connectivity index (χ2v) is 7.96. The Morgan fingerprint density at radius 1 is 1.16 bits per heavy atom. The topological polar surface area (TPSA) is 50.2 Å². The van der Waals surface area contributed by atoms with E-state index in [1.165, 1.54) is 10.5 Å². The Labute approximate surface area is 153 Å². The van der Waals surface area contributed by atoms with Gasteiger partial charge in [-0.3, -0.25) is 4.79 Å². The molecule has 0 aliphatic rings. The smallest absolute Gasteiger partial charge is 0.259 e. The van der Waals surface area contributed by atoms with Gasteiger partial charge in [0.25, 0.3) is 5.56 Å². The summed E-state index contributed by atoms with van der Waals surface area (Å²) in [6, 6.07) is 14.2. The van der Waals surface area contributed by atoms with Gasteiger partial charge in [-0.1, -0.05) is 30.3 Å². The van der Waals surface area contributed by atoms with Crippen LogP contribution in [0, 0.1) is 0 Å². The summed E-state index contributed by atoms with van der Waals surface area (Å²) < 4.78 is 0. The third-order valence-electron chi connectivity index (χ3n) is 4.06. The number of aromatic amines is 1. The standard InChI is InChI=1S/C19H17N3OS2/c1-22(10-13-7-8-24-12-13)11-17-20-18(23)15-9-16(25-19(15)21-17)14-5-3-2-4-6-14/h2-9,12H,10-11H2,1H3,(H,20,21,23)/p+1. The zero-order valence-electron chi connectivity index (χ0n) is 13.8. The summed E-state index contributed by atoms with van der Waals surface area (Å²) in [5.41, 5.74) is 2.38. The summed E-state index contributed by atoms with van der Waals surface area (Å²) in [5.74, 6) is 0.742. The Kier molecular flexibility index (Phi) is 4.48. The van der Waals surface area contributed by atoms with E-state index < -0.39 is 0 Å². The first kappa shape index (κ1) is 16.2. The van der Waals surface area contributed by atoms with Gasteiger partial charge >= 0.3 is 0 Å². The molecule has 0 fully saturated rings. The molecule has 0 saturated heterocycles. The van der Waals surface area contributed by atoms with Crippen molar-refractivity contribution < 1.29 is 4.90 Å². The lowest BCUT2D eigenvalue weighted by Gasteiger charge is -2.12. The van der Waals surface area contributed by atoms with Crippen LogP contribution in [0.1, 0.15) is 11.4 Å². The van der Waals surface area contributed by atoms with Crippen molar-refractivity contribution in [3.05, 3.63) is 75.0 Å². The van der Waals surface area contributed by atoms with E-state index in [1.807, 2.05) is 24.3 Å². The molecule has 0 aliphatic heterocycles. The summed E-state index contributed by atoms with van der Waals surface area (Å²) in [5, 5.41) is 4.92. The van der Waals surface area contributed by atoms with Crippen molar-refractivity contribution in [2.45, 2.75) is 13.1 Å². The number of hydrogen-bond donors (Lipinski definition) is 2. The largest absolute Gasteiger partial charge is 0.327 e. The highest BCUT2D eigenvalue weighted by molar-refractivity contribution is 7.21. The highest BCUT2D eigenvalue weighted by Gasteiger charge is 2.13. The average molecular weight is 369 g/mol. The van der Waals surface area contributed by atoms with Crippen LogP contribution >= 0.6 is 22.7 Å². The first-order chi connectivity index (χ1) is 12.2. The van der Waals surface area contributed by atoms with Gasteiger partial charge in [-0.05, 0) is 28.5 Å². The Morgan fingerprint density at radius 2 is 2.00 bits per heavy atom. The fourth-order valence-corrected chi connectivity index (χ4v) is 4.62. The summed E-state index contributed by atoms with van der Waals surface area (Å²) in [4.78, 5) is 23.3. The highest BCUT2D eigenvalue weighted by Crippen LogP contribution is 2.30. The molecule has 0 amide bonds. The number of hydrogen-bond acceptors (Lipinski definition) is 4. The predicted molar refractivity (Wildman–Crippen MR) is 104 cm³/mol. The number of nitrogens with zero attached hydrogens (tertiary/aromatic N) is 1. The van der Waals surface area contributed by atoms with Crippen LogP contribution in [-0.2, 0) is 13.1 Å². The van der Waals surface area contributed by atoms with E-state index in [9.17, 15) is 4.79 Å². The van der Waals surface area contributed by atoms with Crippen LogP contribution in [0.5, 0.6) is 0 Å². The van der Waals surface area contributed by atoms with Crippen LogP contribution < -0.4 is 10.5 Å². The molecule has 126 valence electrons. The first-order valence-electron chi connectivity index (χ1n) is 8.09. The molecule has 1 aromatic carbocycles. The Balaban J connectivity index is 1.62. The lowest BCUT2D eigenvalue weighted by molar-refractivity contribution is -0.908. The van der Waals surface area contributed by atoms with Crippen molar-refractivity contribution in [1.29, 1.82) is 0 Å². The van der Waals surface area contributed by atoms with E-state index in [-0.39, 0.29) is 5.56 Å². The van der Waals surface area contributed by atoms with Crippen LogP contribution in [-0.4, -0.2) is 17.0 Å². The molecule has 4 nitrogen and oxygen atoms in total. The molecule has 3 aromatic heterocycles. The van der Waals surface area contributed by atoms with Crippen molar-refractivity contribution in [2.75, 3.05) is 7.05 Å². The van der Waals surface area contributed by atoms with Gasteiger partial charge < -0.3 is 9.88 Å². The van der Waals surface area contributed by atoms with Crippen molar-refractivity contribution >= 4 is 32.9 Å². The number of quaternary nitrogens is 1. The zero-order chi connectivity index (χ0) is 17.2. The second kappa shape index (κ2) is 6.92. The van der Waals surface area contributed by atoms with Gasteiger partial charge in [0.15, 0.2) is 5.82 Å². The van der Waals surface area contributed by atoms with Gasteiger partial charge in [0.1, 0.15) is 17.9 Å². The lowest BCUT2D eigenvalue weighted by Crippen LogP contribution is -3.06. The molecule has 4 rings (SSSR count). The number of aromatic nitrogens is 2. The van der Waals surface area contributed by atoms with Crippen LogP contribution in [0.25, 0.3) is 20.7 Å². The molecule has 2 N–H and O–H groups in total. The molecule has 0 radical (unpaired) electrons. The summed E-state index contributed by atoms with van der Waals surface area (Å²) in [6.45, 7) is 1.62. The quantitative estimate of drug-likeness (QED) is 0.569. The van der Waals surface area contributed by atoms with Gasteiger partial charge in [0.05, 0.1) is 12.4 Å². The fraction of sp³-hybridized carbons (Fsp3) is 0.158. The summed E-state index contributed by atoms with van der Waals surface area (Å²) in [6.07, 6.45) is 0. The Morgan fingerprint density at radius 3 is 2.76 bits per heavy atom. The molecule has 0 bridgehead atoms. The minimum atomic E-state index is -0.0539. The first-order valence-corrected chi connectivity index (χ1v) is 9.85. The van der Waals surface area contributed by atoms with Crippen molar-refractivity contribution in [1.82, 2.24) is 9.97 Å². The monoisotopic (exact) mass is 368 g/mol. The van der Waals surface area contributed by atoms with Crippen LogP contribution in [0.15, 0.2) is 58.0 Å². The van der Waals surface area contributed by atoms with Crippen LogP contribution in [0.4, 0.5) is 0 Å². The molecule has 0 saturated carbocycles. The van der Waals surface area contributed by atoms with Crippen molar-refractivity contribution in [3.8, 4) is 10.4 Å². The third-order valence-corrected chi connectivity index (χ3v) is 5.88. The van der Waals surface area contributed by atoms with E-state index in [4.69, 9.17) is 4.98 Å². The van der Waals surface area contributed by atoms with Gasteiger partial charge in [0.2, 0.25) is 0 Å². The molecule has 25 heavy (non-hydrogen) atoms. The summed E-state index contributed by atoms with van der Waals surface area (Å²) in [7, 11) is 2.12.